The number of carbonyl (C=O) groups is 1. The van der Waals surface area contributed by atoms with E-state index in [1.54, 1.807) is 12.4 Å². The Morgan fingerprint density at radius 2 is 1.44 bits per heavy atom. The molecule has 0 aromatic carbocycles. The molecule has 4 aliphatic carbocycles. The number of anilines is 1. The van der Waals surface area contributed by atoms with Crippen LogP contribution in [0.2, 0.25) is 0 Å². The van der Waals surface area contributed by atoms with Crippen LogP contribution in [0.4, 0.5) is 5.95 Å². The van der Waals surface area contributed by atoms with Crippen LogP contribution in [-0.4, -0.2) is 47.0 Å². The zero-order valence-electron chi connectivity index (χ0n) is 14.6. The molecule has 5 fully saturated rings. The van der Waals surface area contributed by atoms with Crippen molar-refractivity contribution < 1.29 is 4.79 Å². The van der Waals surface area contributed by atoms with Crippen molar-refractivity contribution in [2.45, 2.75) is 38.5 Å². The molecule has 6 heteroatoms. The third-order valence-corrected chi connectivity index (χ3v) is 6.89. The average Bonchev–Trinajstić information content (AvgIpc) is 2.61. The number of piperazine rings is 1. The van der Waals surface area contributed by atoms with Gasteiger partial charge in [-0.2, -0.15) is 0 Å². The molecule has 25 heavy (non-hydrogen) atoms. The Morgan fingerprint density at radius 3 is 1.96 bits per heavy atom. The number of hydrogen-bond donors (Lipinski definition) is 0. The van der Waals surface area contributed by atoms with E-state index in [-0.39, 0.29) is 17.8 Å². The maximum absolute atomic E-state index is 13.4. The van der Waals surface area contributed by atoms with Gasteiger partial charge in [-0.25, -0.2) is 9.97 Å². The third kappa shape index (κ3) is 2.90. The normalized spacial score (nSPS) is 36.2. The zero-order chi connectivity index (χ0) is 16.1. The van der Waals surface area contributed by atoms with Gasteiger partial charge < -0.3 is 9.80 Å². The number of halogens is 1. The molecule has 4 saturated carbocycles. The van der Waals surface area contributed by atoms with Crippen molar-refractivity contribution in [3.8, 4) is 0 Å². The summed E-state index contributed by atoms with van der Waals surface area (Å²) in [6, 6.07) is 1.84. The standard InChI is InChI=1S/C19H26N4O.ClH/c24-17(19-11-14-8-15(12-19)10-16(9-14)13-19)22-4-6-23(7-5-22)18-20-2-1-3-21-18;/h1-3,14-16H,4-13H2;1H. The lowest BCUT2D eigenvalue weighted by Gasteiger charge is -2.57. The summed E-state index contributed by atoms with van der Waals surface area (Å²) >= 11 is 0. The van der Waals surface area contributed by atoms with Gasteiger partial charge in [0.25, 0.3) is 0 Å². The number of carbonyl (C=O) groups excluding carboxylic acids is 1. The van der Waals surface area contributed by atoms with Gasteiger partial charge in [0.05, 0.1) is 5.41 Å². The smallest absolute Gasteiger partial charge is 0.228 e. The summed E-state index contributed by atoms with van der Waals surface area (Å²) in [5.74, 6) is 3.76. The Bertz CT molecular complexity index is 594. The number of aromatic nitrogens is 2. The average molecular weight is 363 g/mol. The van der Waals surface area contributed by atoms with Gasteiger partial charge in [0.15, 0.2) is 0 Å². The minimum atomic E-state index is 0. The fraction of sp³-hybridized carbons (Fsp3) is 0.737. The highest BCUT2D eigenvalue weighted by Crippen LogP contribution is 2.60. The lowest BCUT2D eigenvalue weighted by Crippen LogP contribution is -2.58. The maximum atomic E-state index is 13.4. The third-order valence-electron chi connectivity index (χ3n) is 6.89. The van der Waals surface area contributed by atoms with Crippen molar-refractivity contribution in [3.05, 3.63) is 18.5 Å². The molecule has 0 unspecified atom stereocenters. The van der Waals surface area contributed by atoms with Crippen LogP contribution in [0.1, 0.15) is 38.5 Å². The van der Waals surface area contributed by atoms with Crippen LogP contribution in [0.15, 0.2) is 18.5 Å². The van der Waals surface area contributed by atoms with Gasteiger partial charge in [-0.3, -0.25) is 4.79 Å². The molecule has 1 aromatic heterocycles. The summed E-state index contributed by atoms with van der Waals surface area (Å²) in [5.41, 5.74) is 0.000166. The summed E-state index contributed by atoms with van der Waals surface area (Å²) in [5, 5.41) is 0. The Hall–Kier alpha value is -1.36. The van der Waals surface area contributed by atoms with Crippen molar-refractivity contribution >= 4 is 24.3 Å². The molecule has 1 aromatic rings. The molecule has 2 heterocycles. The Balaban J connectivity index is 0.00000157. The Kier molecular flexibility index (Phi) is 4.38. The largest absolute Gasteiger partial charge is 0.339 e. The second kappa shape index (κ2) is 6.42. The maximum Gasteiger partial charge on any atom is 0.228 e. The SMILES string of the molecule is Cl.O=C(N1CCN(c2ncccn2)CC1)C12CC3CC(CC(C3)C1)C2. The van der Waals surface area contributed by atoms with Gasteiger partial charge in [0.1, 0.15) is 0 Å². The first-order valence-corrected chi connectivity index (χ1v) is 9.53. The highest BCUT2D eigenvalue weighted by Gasteiger charge is 2.55. The Morgan fingerprint density at radius 1 is 0.920 bits per heavy atom. The van der Waals surface area contributed by atoms with Crippen LogP contribution in [0.25, 0.3) is 0 Å². The van der Waals surface area contributed by atoms with Crippen molar-refractivity contribution in [2.24, 2.45) is 23.2 Å². The summed E-state index contributed by atoms with van der Waals surface area (Å²) in [7, 11) is 0. The second-order valence-electron chi connectivity index (χ2n) is 8.53. The zero-order valence-corrected chi connectivity index (χ0v) is 15.5. The van der Waals surface area contributed by atoms with E-state index in [1.165, 1.54) is 38.5 Å². The molecule has 5 aliphatic rings. The van der Waals surface area contributed by atoms with E-state index in [4.69, 9.17) is 0 Å². The van der Waals surface area contributed by atoms with Gasteiger partial charge in [-0.05, 0) is 62.3 Å². The topological polar surface area (TPSA) is 49.3 Å². The molecule has 0 atom stereocenters. The van der Waals surface area contributed by atoms with Gasteiger partial charge in [0, 0.05) is 38.6 Å². The van der Waals surface area contributed by atoms with E-state index < -0.39 is 0 Å². The highest BCUT2D eigenvalue weighted by atomic mass is 35.5. The molecular formula is C19H27ClN4O. The van der Waals surface area contributed by atoms with Crippen molar-refractivity contribution in [2.75, 3.05) is 31.1 Å². The molecule has 5 nitrogen and oxygen atoms in total. The summed E-state index contributed by atoms with van der Waals surface area (Å²) in [6.45, 7) is 3.34. The molecule has 0 N–H and O–H groups in total. The minimum Gasteiger partial charge on any atom is -0.339 e. The number of amides is 1. The van der Waals surface area contributed by atoms with Gasteiger partial charge in [-0.15, -0.1) is 12.4 Å². The molecule has 6 rings (SSSR count). The minimum absolute atomic E-state index is 0. The first-order valence-electron chi connectivity index (χ1n) is 9.53. The van der Waals surface area contributed by atoms with Gasteiger partial charge in [0.2, 0.25) is 11.9 Å². The predicted octanol–water partition coefficient (Wildman–Crippen LogP) is 2.76. The lowest BCUT2D eigenvalue weighted by molar-refractivity contribution is -0.158. The lowest BCUT2D eigenvalue weighted by atomic mass is 9.49. The number of nitrogens with zero attached hydrogens (tertiary/aromatic N) is 4. The van der Waals surface area contributed by atoms with Crippen LogP contribution in [-0.2, 0) is 4.79 Å². The molecule has 1 saturated heterocycles. The molecule has 0 radical (unpaired) electrons. The fourth-order valence-corrected chi connectivity index (χ4v) is 6.27. The second-order valence-corrected chi connectivity index (χ2v) is 8.53. The predicted molar refractivity (Wildman–Crippen MR) is 98.7 cm³/mol. The van der Waals surface area contributed by atoms with E-state index in [0.29, 0.717) is 5.91 Å². The van der Waals surface area contributed by atoms with Crippen LogP contribution in [0.3, 0.4) is 0 Å². The molecule has 1 aliphatic heterocycles. The van der Waals surface area contributed by atoms with Crippen molar-refractivity contribution in [3.63, 3.8) is 0 Å². The molecule has 4 bridgehead atoms. The quantitative estimate of drug-likeness (QED) is 0.811. The van der Waals surface area contributed by atoms with Crippen LogP contribution >= 0.6 is 12.4 Å². The first kappa shape index (κ1) is 17.1. The number of rotatable bonds is 2. The number of hydrogen-bond acceptors (Lipinski definition) is 4. The molecular weight excluding hydrogens is 336 g/mol. The summed E-state index contributed by atoms with van der Waals surface area (Å²) < 4.78 is 0. The van der Waals surface area contributed by atoms with Crippen molar-refractivity contribution in [1.82, 2.24) is 14.9 Å². The van der Waals surface area contributed by atoms with Crippen molar-refractivity contribution in [1.29, 1.82) is 0 Å². The molecule has 0 spiro atoms. The monoisotopic (exact) mass is 362 g/mol. The van der Waals surface area contributed by atoms with Gasteiger partial charge >= 0.3 is 0 Å². The van der Waals surface area contributed by atoms with Gasteiger partial charge in [-0.1, -0.05) is 0 Å². The highest BCUT2D eigenvalue weighted by molar-refractivity contribution is 5.85. The van der Waals surface area contributed by atoms with E-state index in [2.05, 4.69) is 19.8 Å². The summed E-state index contributed by atoms with van der Waals surface area (Å²) in [4.78, 5) is 26.4. The summed E-state index contributed by atoms with van der Waals surface area (Å²) in [6.07, 6.45) is 11.3. The first-order chi connectivity index (χ1) is 11.7. The van der Waals surface area contributed by atoms with E-state index >= 15 is 0 Å². The van der Waals surface area contributed by atoms with Crippen LogP contribution in [0, 0.1) is 23.2 Å². The van der Waals surface area contributed by atoms with E-state index in [9.17, 15) is 4.79 Å². The van der Waals surface area contributed by atoms with Crippen LogP contribution < -0.4 is 4.90 Å². The Labute approximate surface area is 155 Å². The molecule has 136 valence electrons. The molecule has 1 amide bonds. The van der Waals surface area contributed by atoms with E-state index in [1.807, 2.05) is 6.07 Å². The fourth-order valence-electron chi connectivity index (χ4n) is 6.27. The van der Waals surface area contributed by atoms with Crippen LogP contribution in [0.5, 0.6) is 0 Å². The van der Waals surface area contributed by atoms with E-state index in [0.717, 1.165) is 49.9 Å².